The highest BCUT2D eigenvalue weighted by atomic mass is 32.1. The molecule has 4 nitrogen and oxygen atoms in total. The lowest BCUT2D eigenvalue weighted by molar-refractivity contribution is 0.474. The number of terminal acetylenes is 1. The number of fused-ring (bicyclic) bond motifs is 1. The monoisotopic (exact) mass is 301 g/mol. The number of aliphatic hydroxyl groups excluding tert-OH is 1. The number of hydrogen-bond donors (Lipinski definition) is 2. The molecule has 0 aliphatic carbocycles. The first-order valence-electron chi connectivity index (χ1n) is 6.56. The molecule has 0 unspecified atom stereocenters. The van der Waals surface area contributed by atoms with E-state index < -0.39 is 0 Å². The first kappa shape index (κ1) is 16.7. The maximum Gasteiger partial charge on any atom is 0.223 e. The van der Waals surface area contributed by atoms with Gasteiger partial charge in [-0.2, -0.15) is 0 Å². The molecule has 0 spiro atoms. The van der Waals surface area contributed by atoms with Crippen molar-refractivity contribution in [2.75, 3.05) is 11.9 Å². The van der Waals surface area contributed by atoms with Gasteiger partial charge < -0.3 is 10.4 Å². The van der Waals surface area contributed by atoms with Gasteiger partial charge in [-0.1, -0.05) is 13.0 Å². The second kappa shape index (κ2) is 8.77. The number of allylic oxidation sites excluding steroid dienone is 2. The maximum atomic E-state index is 8.66. The first-order valence-corrected chi connectivity index (χ1v) is 7.44. The minimum atomic E-state index is 0.656. The van der Waals surface area contributed by atoms with E-state index in [4.69, 9.17) is 5.11 Å². The van der Waals surface area contributed by atoms with Crippen molar-refractivity contribution in [2.24, 2.45) is 0 Å². The van der Waals surface area contributed by atoms with E-state index in [9.17, 15) is 0 Å². The Bertz CT molecular complexity index is 656. The minimum absolute atomic E-state index is 0.656. The second-order valence-electron chi connectivity index (χ2n) is 4.16. The maximum absolute atomic E-state index is 8.66. The van der Waals surface area contributed by atoms with Gasteiger partial charge >= 0.3 is 0 Å². The zero-order chi connectivity index (χ0) is 15.7. The molecule has 0 fully saturated rings. The van der Waals surface area contributed by atoms with Crippen molar-refractivity contribution in [1.29, 1.82) is 0 Å². The Hall–Kier alpha value is -2.32. The van der Waals surface area contributed by atoms with Gasteiger partial charge in [0.25, 0.3) is 0 Å². The van der Waals surface area contributed by atoms with Crippen molar-refractivity contribution in [3.05, 3.63) is 35.1 Å². The van der Waals surface area contributed by atoms with Gasteiger partial charge in [0.15, 0.2) is 0 Å². The van der Waals surface area contributed by atoms with Crippen molar-refractivity contribution >= 4 is 33.6 Å². The van der Waals surface area contributed by atoms with E-state index in [-0.39, 0.29) is 0 Å². The Balaban J connectivity index is 0.00000106. The van der Waals surface area contributed by atoms with E-state index in [1.807, 2.05) is 6.08 Å². The summed E-state index contributed by atoms with van der Waals surface area (Å²) in [7, 11) is 0. The number of nitrogens with one attached hydrogen (secondary N) is 1. The number of hydrogen-bond acceptors (Lipinski definition) is 5. The summed E-state index contributed by atoms with van der Waals surface area (Å²) < 4.78 is 1.07. The summed E-state index contributed by atoms with van der Waals surface area (Å²) in [6, 6.07) is 0. The molecule has 21 heavy (non-hydrogen) atoms. The largest absolute Gasteiger partial charge is 0.516 e. The highest BCUT2D eigenvalue weighted by Crippen LogP contribution is 2.28. The van der Waals surface area contributed by atoms with Gasteiger partial charge in [-0.15, -0.1) is 24.2 Å². The normalized spacial score (nSPS) is 10.9. The van der Waals surface area contributed by atoms with Crippen LogP contribution in [-0.4, -0.2) is 21.6 Å². The van der Waals surface area contributed by atoms with Gasteiger partial charge in [-0.05, 0) is 36.4 Å². The number of thiophene rings is 1. The van der Waals surface area contributed by atoms with Gasteiger partial charge in [0.05, 0.1) is 22.2 Å². The zero-order valence-corrected chi connectivity index (χ0v) is 13.0. The quantitative estimate of drug-likeness (QED) is 0.495. The Kier molecular flexibility index (Phi) is 6.99. The van der Waals surface area contributed by atoms with Gasteiger partial charge in [0.1, 0.15) is 0 Å². The molecule has 0 aromatic carbocycles. The number of aromatic nitrogens is 2. The van der Waals surface area contributed by atoms with Crippen molar-refractivity contribution in [3.8, 4) is 12.8 Å². The summed E-state index contributed by atoms with van der Waals surface area (Å²) in [5.41, 5.74) is 3.03. The fraction of sp³-hybridized carbons (Fsp3) is 0.250. The predicted octanol–water partition coefficient (Wildman–Crippen LogP) is 4.16. The summed E-state index contributed by atoms with van der Waals surface area (Å²) >= 11 is 1.64. The van der Waals surface area contributed by atoms with E-state index in [0.717, 1.165) is 40.7 Å². The lowest BCUT2D eigenvalue weighted by Gasteiger charge is -2.05. The van der Waals surface area contributed by atoms with Crippen molar-refractivity contribution in [3.63, 3.8) is 0 Å². The predicted molar refractivity (Wildman–Crippen MR) is 91.6 cm³/mol. The number of nitrogens with zero attached hydrogens (tertiary/aromatic N) is 2. The second-order valence-corrected chi connectivity index (χ2v) is 5.04. The van der Waals surface area contributed by atoms with Crippen LogP contribution in [-0.2, 0) is 0 Å². The third kappa shape index (κ3) is 4.33. The Labute approximate surface area is 129 Å². The standard InChI is InChI=1S/C14H17N3OS.C2H2/c1-3-7-15-14-16-11(6-4-5-8-18)13-12(17-14)10(2)9-19-13;1-2/h4-6,8-9,18H,3,7H2,1-2H3,(H,15,16,17);1-2H/b6-4+,8-5-;. The van der Waals surface area contributed by atoms with Crippen LogP contribution in [0.15, 0.2) is 23.8 Å². The molecule has 0 aliphatic heterocycles. The fourth-order valence-corrected chi connectivity index (χ4v) is 2.64. The van der Waals surface area contributed by atoms with Crippen LogP contribution in [0.5, 0.6) is 0 Å². The summed E-state index contributed by atoms with van der Waals surface area (Å²) in [5.74, 6) is 0.656. The van der Waals surface area contributed by atoms with Crippen LogP contribution in [0, 0.1) is 19.8 Å². The fourth-order valence-electron chi connectivity index (χ4n) is 1.68. The Morgan fingerprint density at radius 1 is 1.33 bits per heavy atom. The van der Waals surface area contributed by atoms with Crippen LogP contribution in [0.2, 0.25) is 0 Å². The molecular weight excluding hydrogens is 282 g/mol. The molecule has 0 bridgehead atoms. The minimum Gasteiger partial charge on any atom is -0.516 e. The number of rotatable bonds is 5. The van der Waals surface area contributed by atoms with Gasteiger partial charge in [-0.25, -0.2) is 9.97 Å². The molecule has 0 amide bonds. The lowest BCUT2D eigenvalue weighted by atomic mass is 10.2. The first-order chi connectivity index (χ1) is 10.3. The highest BCUT2D eigenvalue weighted by molar-refractivity contribution is 7.17. The van der Waals surface area contributed by atoms with Crippen LogP contribution in [0.25, 0.3) is 16.3 Å². The molecule has 0 radical (unpaired) electrons. The van der Waals surface area contributed by atoms with Crippen LogP contribution in [0.4, 0.5) is 5.95 Å². The molecular formula is C16H19N3OS. The number of aryl methyl sites for hydroxylation is 1. The molecule has 0 aliphatic rings. The topological polar surface area (TPSA) is 58.0 Å². The van der Waals surface area contributed by atoms with Gasteiger partial charge in [0, 0.05) is 6.54 Å². The average molecular weight is 301 g/mol. The average Bonchev–Trinajstić information content (AvgIpc) is 2.89. The van der Waals surface area contributed by atoms with Crippen LogP contribution in [0.3, 0.4) is 0 Å². The summed E-state index contributed by atoms with van der Waals surface area (Å²) in [6.07, 6.45) is 15.2. The van der Waals surface area contributed by atoms with E-state index in [1.54, 1.807) is 23.5 Å². The van der Waals surface area contributed by atoms with Crippen LogP contribution in [0.1, 0.15) is 24.6 Å². The molecule has 2 aromatic rings. The highest BCUT2D eigenvalue weighted by Gasteiger charge is 2.09. The third-order valence-electron chi connectivity index (χ3n) is 2.60. The molecule has 110 valence electrons. The molecule has 2 rings (SSSR count). The summed E-state index contributed by atoms with van der Waals surface area (Å²) in [4.78, 5) is 9.06. The lowest BCUT2D eigenvalue weighted by Crippen LogP contribution is -2.05. The number of aliphatic hydroxyl groups is 1. The number of anilines is 1. The zero-order valence-electron chi connectivity index (χ0n) is 12.2. The van der Waals surface area contributed by atoms with E-state index in [2.05, 4.69) is 47.4 Å². The molecule has 5 heteroatoms. The van der Waals surface area contributed by atoms with E-state index in [0.29, 0.717) is 5.95 Å². The van der Waals surface area contributed by atoms with Crippen molar-refractivity contribution in [2.45, 2.75) is 20.3 Å². The molecule has 2 N–H and O–H groups in total. The van der Waals surface area contributed by atoms with Gasteiger partial charge in [-0.3, -0.25) is 0 Å². The van der Waals surface area contributed by atoms with E-state index in [1.165, 1.54) is 0 Å². The molecule has 2 aromatic heterocycles. The molecule has 0 atom stereocenters. The third-order valence-corrected chi connectivity index (χ3v) is 3.71. The van der Waals surface area contributed by atoms with Crippen molar-refractivity contribution in [1.82, 2.24) is 9.97 Å². The van der Waals surface area contributed by atoms with Crippen LogP contribution < -0.4 is 5.32 Å². The molecule has 0 saturated heterocycles. The SMILES string of the molecule is C#C.CCCNc1nc(/C=C/C=C\O)c2scc(C)c2n1. The Morgan fingerprint density at radius 3 is 2.76 bits per heavy atom. The van der Waals surface area contributed by atoms with E-state index >= 15 is 0 Å². The summed E-state index contributed by atoms with van der Waals surface area (Å²) in [5, 5.41) is 14.0. The van der Waals surface area contributed by atoms with Crippen LogP contribution >= 0.6 is 11.3 Å². The molecule has 2 heterocycles. The molecule has 0 saturated carbocycles. The van der Waals surface area contributed by atoms with Crippen molar-refractivity contribution < 1.29 is 5.11 Å². The Morgan fingerprint density at radius 2 is 2.10 bits per heavy atom. The summed E-state index contributed by atoms with van der Waals surface area (Å²) in [6.45, 7) is 5.01. The van der Waals surface area contributed by atoms with Gasteiger partial charge in [0.2, 0.25) is 5.95 Å². The smallest absolute Gasteiger partial charge is 0.223 e.